The molecule has 2 aromatic rings. The fourth-order valence-electron chi connectivity index (χ4n) is 2.85. The molecule has 0 atom stereocenters. The summed E-state index contributed by atoms with van der Waals surface area (Å²) in [6.45, 7) is 4.72. The lowest BCUT2D eigenvalue weighted by atomic mass is 10.1. The van der Waals surface area contributed by atoms with Gasteiger partial charge in [-0.05, 0) is 37.6 Å². The second kappa shape index (κ2) is 8.48. The maximum absolute atomic E-state index is 12.8. The minimum absolute atomic E-state index is 0.116. The fourth-order valence-corrected chi connectivity index (χ4v) is 2.85. The molecule has 0 aromatic heterocycles. The molecule has 4 nitrogen and oxygen atoms in total. The number of amides is 1. The molecule has 0 N–H and O–H groups in total. The van der Waals surface area contributed by atoms with Gasteiger partial charge in [0.1, 0.15) is 5.75 Å². The van der Waals surface area contributed by atoms with Gasteiger partial charge in [-0.3, -0.25) is 4.79 Å². The summed E-state index contributed by atoms with van der Waals surface area (Å²) in [7, 11) is 0. The molecule has 1 heterocycles. The van der Waals surface area contributed by atoms with E-state index >= 15 is 0 Å². The predicted molar refractivity (Wildman–Crippen MR) is 106 cm³/mol. The molecule has 0 fully saturated rings. The molecule has 0 spiro atoms. The largest absolute Gasteiger partial charge is 0.493 e. The Morgan fingerprint density at radius 1 is 1.04 bits per heavy atom. The lowest BCUT2D eigenvalue weighted by molar-refractivity contribution is -0.114. The van der Waals surface area contributed by atoms with E-state index in [4.69, 9.17) is 4.74 Å². The van der Waals surface area contributed by atoms with Crippen molar-refractivity contribution in [2.24, 2.45) is 5.10 Å². The van der Waals surface area contributed by atoms with Crippen molar-refractivity contribution in [1.29, 1.82) is 0 Å². The Balaban J connectivity index is 1.82. The Kier molecular flexibility index (Phi) is 5.84. The van der Waals surface area contributed by atoms with Crippen LogP contribution in [0.1, 0.15) is 38.7 Å². The minimum Gasteiger partial charge on any atom is -0.493 e. The van der Waals surface area contributed by atoms with Crippen molar-refractivity contribution in [1.82, 2.24) is 0 Å². The van der Waals surface area contributed by atoms with Gasteiger partial charge in [-0.25, -0.2) is 0 Å². The summed E-state index contributed by atoms with van der Waals surface area (Å²) in [5.41, 5.74) is 2.97. The van der Waals surface area contributed by atoms with E-state index in [0.717, 1.165) is 36.3 Å². The first-order valence-corrected chi connectivity index (χ1v) is 9.09. The number of nitrogens with zero attached hydrogens (tertiary/aromatic N) is 2. The van der Waals surface area contributed by atoms with Crippen molar-refractivity contribution in [3.63, 3.8) is 0 Å². The van der Waals surface area contributed by atoms with Gasteiger partial charge in [-0.2, -0.15) is 10.1 Å². The smallest absolute Gasteiger partial charge is 0.280 e. The van der Waals surface area contributed by atoms with Crippen molar-refractivity contribution in [3.8, 4) is 5.75 Å². The third-order valence-electron chi connectivity index (χ3n) is 4.29. The molecular weight excluding hydrogens is 324 g/mol. The Morgan fingerprint density at radius 3 is 2.54 bits per heavy atom. The predicted octanol–water partition coefficient (Wildman–Crippen LogP) is 5.06. The van der Waals surface area contributed by atoms with Crippen molar-refractivity contribution in [3.05, 3.63) is 65.7 Å². The standard InChI is InChI=1S/C22H24N2O2/c1-3-4-10-15-26-21-14-9-8-11-18(21)16-20-17(2)23-24(22(20)25)19-12-6-5-7-13-19/h5-9,11-14,16H,3-4,10,15H2,1-2H3/b20-16-. The summed E-state index contributed by atoms with van der Waals surface area (Å²) in [6.07, 6.45) is 5.22. The number of para-hydroxylation sites is 2. The summed E-state index contributed by atoms with van der Waals surface area (Å²) in [5.74, 6) is 0.685. The van der Waals surface area contributed by atoms with Crippen LogP contribution in [0.4, 0.5) is 5.69 Å². The van der Waals surface area contributed by atoms with Crippen LogP contribution < -0.4 is 9.75 Å². The summed E-state index contributed by atoms with van der Waals surface area (Å²) in [6, 6.07) is 17.3. The highest BCUT2D eigenvalue weighted by Crippen LogP contribution is 2.27. The fraction of sp³-hybridized carbons (Fsp3) is 0.273. The maximum Gasteiger partial charge on any atom is 0.280 e. The highest BCUT2D eigenvalue weighted by molar-refractivity contribution is 6.32. The molecule has 1 aliphatic rings. The summed E-state index contributed by atoms with van der Waals surface area (Å²) in [4.78, 5) is 12.8. The highest BCUT2D eigenvalue weighted by atomic mass is 16.5. The SMILES string of the molecule is CCCCCOc1ccccc1/C=C1\C(=O)N(c2ccccc2)N=C1C. The van der Waals surface area contributed by atoms with Gasteiger partial charge >= 0.3 is 0 Å². The second-order valence-electron chi connectivity index (χ2n) is 6.29. The number of carbonyl (C=O) groups excluding carboxylic acids is 1. The average Bonchev–Trinajstić information content (AvgIpc) is 2.95. The van der Waals surface area contributed by atoms with Crippen LogP contribution in [0, 0.1) is 0 Å². The number of hydrazone groups is 1. The van der Waals surface area contributed by atoms with Crippen LogP contribution >= 0.6 is 0 Å². The van der Waals surface area contributed by atoms with Crippen LogP contribution in [-0.2, 0) is 4.79 Å². The van der Waals surface area contributed by atoms with Gasteiger partial charge in [0.05, 0.1) is 23.6 Å². The van der Waals surface area contributed by atoms with Crippen LogP contribution in [-0.4, -0.2) is 18.2 Å². The molecule has 134 valence electrons. The van der Waals surface area contributed by atoms with Crippen molar-refractivity contribution in [2.75, 3.05) is 11.6 Å². The average molecular weight is 348 g/mol. The molecule has 0 aliphatic carbocycles. The van der Waals surface area contributed by atoms with Crippen LogP contribution in [0.25, 0.3) is 6.08 Å². The molecule has 0 saturated heterocycles. The van der Waals surface area contributed by atoms with Gasteiger partial charge in [0.2, 0.25) is 0 Å². The third-order valence-corrected chi connectivity index (χ3v) is 4.29. The zero-order valence-corrected chi connectivity index (χ0v) is 15.3. The minimum atomic E-state index is -0.116. The Labute approximate surface area is 154 Å². The highest BCUT2D eigenvalue weighted by Gasteiger charge is 2.28. The van der Waals surface area contributed by atoms with E-state index in [0.29, 0.717) is 17.9 Å². The second-order valence-corrected chi connectivity index (χ2v) is 6.29. The van der Waals surface area contributed by atoms with Crippen molar-refractivity contribution < 1.29 is 9.53 Å². The van der Waals surface area contributed by atoms with Crippen LogP contribution in [0.2, 0.25) is 0 Å². The lowest BCUT2D eigenvalue weighted by Crippen LogP contribution is -2.21. The Hall–Kier alpha value is -2.88. The zero-order chi connectivity index (χ0) is 18.4. The summed E-state index contributed by atoms with van der Waals surface area (Å²) < 4.78 is 5.92. The first-order chi connectivity index (χ1) is 12.7. The molecule has 0 radical (unpaired) electrons. The number of ether oxygens (including phenoxy) is 1. The Bertz CT molecular complexity index is 825. The molecule has 26 heavy (non-hydrogen) atoms. The molecule has 0 unspecified atom stereocenters. The van der Waals surface area contributed by atoms with E-state index in [2.05, 4.69) is 12.0 Å². The molecule has 4 heteroatoms. The Morgan fingerprint density at radius 2 is 1.77 bits per heavy atom. The number of anilines is 1. The van der Waals surface area contributed by atoms with Gasteiger partial charge in [-0.15, -0.1) is 0 Å². The van der Waals surface area contributed by atoms with Crippen LogP contribution in [0.15, 0.2) is 65.3 Å². The normalized spacial score (nSPS) is 15.5. The van der Waals surface area contributed by atoms with Crippen LogP contribution in [0.3, 0.4) is 0 Å². The molecule has 0 bridgehead atoms. The van der Waals surface area contributed by atoms with Gasteiger partial charge in [-0.1, -0.05) is 56.2 Å². The van der Waals surface area contributed by atoms with E-state index < -0.39 is 0 Å². The number of carbonyl (C=O) groups is 1. The third kappa shape index (κ3) is 4.02. The van der Waals surface area contributed by atoms with Crippen molar-refractivity contribution >= 4 is 23.4 Å². The van der Waals surface area contributed by atoms with E-state index in [1.165, 1.54) is 5.01 Å². The van der Waals surface area contributed by atoms with Gasteiger partial charge < -0.3 is 4.74 Å². The van der Waals surface area contributed by atoms with Gasteiger partial charge in [0.15, 0.2) is 0 Å². The summed E-state index contributed by atoms with van der Waals surface area (Å²) >= 11 is 0. The maximum atomic E-state index is 12.8. The molecule has 3 rings (SSSR count). The number of rotatable bonds is 7. The molecule has 1 aliphatic heterocycles. The summed E-state index contributed by atoms with van der Waals surface area (Å²) in [5, 5.41) is 5.88. The first kappa shape index (κ1) is 17.9. The van der Waals surface area contributed by atoms with Gasteiger partial charge in [0, 0.05) is 5.56 Å². The zero-order valence-electron chi connectivity index (χ0n) is 15.3. The van der Waals surface area contributed by atoms with Gasteiger partial charge in [0.25, 0.3) is 5.91 Å². The quantitative estimate of drug-likeness (QED) is 0.518. The first-order valence-electron chi connectivity index (χ1n) is 9.09. The number of hydrogen-bond acceptors (Lipinski definition) is 3. The van der Waals surface area contributed by atoms with E-state index in [1.807, 2.05) is 67.6 Å². The molecule has 0 saturated carbocycles. The van der Waals surface area contributed by atoms with Crippen molar-refractivity contribution in [2.45, 2.75) is 33.1 Å². The molecule has 2 aromatic carbocycles. The topological polar surface area (TPSA) is 41.9 Å². The molecule has 1 amide bonds. The number of benzene rings is 2. The lowest BCUT2D eigenvalue weighted by Gasteiger charge is -2.12. The van der Waals surface area contributed by atoms with E-state index in [-0.39, 0.29) is 5.91 Å². The molecular formula is C22H24N2O2. The van der Waals surface area contributed by atoms with E-state index in [1.54, 1.807) is 0 Å². The number of unbranched alkanes of at least 4 members (excludes halogenated alkanes) is 2. The number of hydrogen-bond donors (Lipinski definition) is 0. The van der Waals surface area contributed by atoms with Crippen LogP contribution in [0.5, 0.6) is 5.75 Å². The monoisotopic (exact) mass is 348 g/mol. The van der Waals surface area contributed by atoms with E-state index in [9.17, 15) is 4.79 Å².